The van der Waals surface area contributed by atoms with E-state index in [1.807, 2.05) is 49.4 Å². The lowest BCUT2D eigenvalue weighted by Crippen LogP contribution is -2.21. The van der Waals surface area contributed by atoms with Crippen LogP contribution in [0, 0.1) is 5.92 Å². The van der Waals surface area contributed by atoms with Crippen LogP contribution in [0.4, 0.5) is 0 Å². The number of aldehydes is 1. The van der Waals surface area contributed by atoms with Crippen molar-refractivity contribution in [3.63, 3.8) is 0 Å². The van der Waals surface area contributed by atoms with E-state index < -0.39 is 12.0 Å². The van der Waals surface area contributed by atoms with E-state index in [2.05, 4.69) is 0 Å². The molecule has 2 rings (SSSR count). The van der Waals surface area contributed by atoms with Crippen LogP contribution < -0.4 is 10.5 Å². The third-order valence-corrected chi connectivity index (χ3v) is 3.64. The number of allylic oxidation sites excluding steroid dienone is 1. The van der Waals surface area contributed by atoms with Gasteiger partial charge in [0.1, 0.15) is 5.75 Å². The van der Waals surface area contributed by atoms with Gasteiger partial charge in [0, 0.05) is 5.39 Å². The Bertz CT molecular complexity index is 703. The van der Waals surface area contributed by atoms with Crippen LogP contribution in [0.1, 0.15) is 19.8 Å². The number of hydrogen-bond donors (Lipinski definition) is 1. The zero-order valence-electron chi connectivity index (χ0n) is 13.1. The number of ether oxygens (including phenoxy) is 1. The van der Waals surface area contributed by atoms with Gasteiger partial charge in [0.2, 0.25) is 5.91 Å². The lowest BCUT2D eigenvalue weighted by molar-refractivity contribution is -0.114. The van der Waals surface area contributed by atoms with Crippen molar-refractivity contribution in [3.8, 4) is 5.75 Å². The first-order valence-corrected chi connectivity index (χ1v) is 7.66. The van der Waals surface area contributed by atoms with Gasteiger partial charge in [0.05, 0.1) is 0 Å². The second-order valence-corrected chi connectivity index (χ2v) is 5.65. The van der Waals surface area contributed by atoms with Crippen LogP contribution in [0.3, 0.4) is 0 Å². The fraction of sp³-hybridized carbons (Fsp3) is 0.263. The highest BCUT2D eigenvalue weighted by Gasteiger charge is 2.14. The monoisotopic (exact) mass is 311 g/mol. The number of rotatable bonds is 8. The number of fused-ring (bicyclic) bond motifs is 1. The van der Waals surface area contributed by atoms with Gasteiger partial charge in [0.25, 0.3) is 0 Å². The molecule has 23 heavy (non-hydrogen) atoms. The molecule has 2 aromatic rings. The standard InChI is InChI=1S/C19H21NO3/c1-14(6-4-11-19(20)22)12-16(13-21)23-18-10-5-8-15-7-2-3-9-17(15)18/h2-5,7-11,13-14,16H,6,12H2,1H3,(H2,20,22). The number of carbonyl (C=O) groups is 2. The van der Waals surface area contributed by atoms with Crippen LogP contribution in [-0.2, 0) is 9.59 Å². The second kappa shape index (κ2) is 8.13. The Balaban J connectivity index is 2.04. The van der Waals surface area contributed by atoms with Gasteiger partial charge in [-0.2, -0.15) is 0 Å². The summed E-state index contributed by atoms with van der Waals surface area (Å²) in [5.41, 5.74) is 5.05. The first-order valence-electron chi connectivity index (χ1n) is 7.66. The molecule has 0 saturated heterocycles. The normalized spacial score (nSPS) is 13.8. The minimum absolute atomic E-state index is 0.204. The molecule has 0 aliphatic heterocycles. The van der Waals surface area contributed by atoms with Gasteiger partial charge in [0.15, 0.2) is 12.4 Å². The highest BCUT2D eigenvalue weighted by Crippen LogP contribution is 2.27. The molecule has 2 atom stereocenters. The van der Waals surface area contributed by atoms with Gasteiger partial charge in [-0.05, 0) is 36.3 Å². The Hall–Kier alpha value is -2.62. The summed E-state index contributed by atoms with van der Waals surface area (Å²) in [6.45, 7) is 2.01. The van der Waals surface area contributed by atoms with Crippen molar-refractivity contribution >= 4 is 23.0 Å². The third-order valence-electron chi connectivity index (χ3n) is 3.64. The molecular weight excluding hydrogens is 290 g/mol. The van der Waals surface area contributed by atoms with Crippen molar-refractivity contribution in [1.82, 2.24) is 0 Å². The molecule has 0 radical (unpaired) electrons. The number of nitrogens with two attached hydrogens (primary N) is 1. The summed E-state index contributed by atoms with van der Waals surface area (Å²) in [5, 5.41) is 2.07. The molecule has 120 valence electrons. The van der Waals surface area contributed by atoms with Gasteiger partial charge in [-0.15, -0.1) is 0 Å². The predicted molar refractivity (Wildman–Crippen MR) is 91.2 cm³/mol. The Kier molecular flexibility index (Phi) is 5.92. The van der Waals surface area contributed by atoms with Crippen LogP contribution in [0.5, 0.6) is 5.75 Å². The first kappa shape index (κ1) is 16.7. The molecule has 2 unspecified atom stereocenters. The van der Waals surface area contributed by atoms with Crippen molar-refractivity contribution in [2.24, 2.45) is 11.7 Å². The summed E-state index contributed by atoms with van der Waals surface area (Å²) in [6.07, 6.45) is 4.64. The lowest BCUT2D eigenvalue weighted by atomic mass is 10.00. The number of amides is 1. The number of benzene rings is 2. The average Bonchev–Trinajstić information content (AvgIpc) is 2.54. The quantitative estimate of drug-likeness (QED) is 0.601. The molecule has 2 aromatic carbocycles. The zero-order chi connectivity index (χ0) is 16.7. The van der Waals surface area contributed by atoms with Gasteiger partial charge < -0.3 is 10.5 Å². The highest BCUT2D eigenvalue weighted by molar-refractivity contribution is 5.88. The molecule has 0 heterocycles. The second-order valence-electron chi connectivity index (χ2n) is 5.65. The summed E-state index contributed by atoms with van der Waals surface area (Å²) in [5.74, 6) is 0.451. The van der Waals surface area contributed by atoms with E-state index in [0.717, 1.165) is 17.1 Å². The maximum Gasteiger partial charge on any atom is 0.241 e. The van der Waals surface area contributed by atoms with E-state index in [-0.39, 0.29) is 5.92 Å². The van der Waals surface area contributed by atoms with E-state index in [0.29, 0.717) is 18.6 Å². The largest absolute Gasteiger partial charge is 0.482 e. The van der Waals surface area contributed by atoms with Crippen molar-refractivity contribution in [1.29, 1.82) is 0 Å². The number of hydrogen-bond acceptors (Lipinski definition) is 3. The molecule has 0 saturated carbocycles. The molecule has 1 amide bonds. The molecule has 4 heteroatoms. The van der Waals surface area contributed by atoms with Gasteiger partial charge >= 0.3 is 0 Å². The topological polar surface area (TPSA) is 69.4 Å². The Labute approximate surface area is 135 Å². The average molecular weight is 311 g/mol. The van der Waals surface area contributed by atoms with Crippen molar-refractivity contribution in [2.75, 3.05) is 0 Å². The zero-order valence-corrected chi connectivity index (χ0v) is 13.1. The summed E-state index contributed by atoms with van der Waals surface area (Å²) in [6, 6.07) is 13.7. The van der Waals surface area contributed by atoms with Crippen LogP contribution in [0.25, 0.3) is 10.8 Å². The minimum Gasteiger partial charge on any atom is -0.482 e. The molecule has 4 nitrogen and oxygen atoms in total. The summed E-state index contributed by atoms with van der Waals surface area (Å²) in [7, 11) is 0. The number of carbonyl (C=O) groups excluding carboxylic acids is 2. The molecule has 2 N–H and O–H groups in total. The maximum absolute atomic E-state index is 11.3. The fourth-order valence-electron chi connectivity index (χ4n) is 2.50. The van der Waals surface area contributed by atoms with Crippen LogP contribution in [0.15, 0.2) is 54.6 Å². The summed E-state index contributed by atoms with van der Waals surface area (Å²) < 4.78 is 5.89. The van der Waals surface area contributed by atoms with E-state index in [1.54, 1.807) is 6.08 Å². The van der Waals surface area contributed by atoms with Crippen LogP contribution >= 0.6 is 0 Å². The van der Waals surface area contributed by atoms with Gasteiger partial charge in [-0.25, -0.2) is 0 Å². The lowest BCUT2D eigenvalue weighted by Gasteiger charge is -2.18. The molecule has 0 bridgehead atoms. The van der Waals surface area contributed by atoms with Gasteiger partial charge in [-0.1, -0.05) is 49.4 Å². The highest BCUT2D eigenvalue weighted by atomic mass is 16.5. The molecule has 0 aliphatic carbocycles. The van der Waals surface area contributed by atoms with Crippen LogP contribution in [-0.4, -0.2) is 18.3 Å². The first-order chi connectivity index (χ1) is 11.1. The van der Waals surface area contributed by atoms with E-state index >= 15 is 0 Å². The molecule has 0 aliphatic rings. The van der Waals surface area contributed by atoms with Crippen LogP contribution in [0.2, 0.25) is 0 Å². The SMILES string of the molecule is CC(CC=CC(N)=O)CC(C=O)Oc1cccc2ccccc12. The fourth-order valence-corrected chi connectivity index (χ4v) is 2.50. The van der Waals surface area contributed by atoms with E-state index in [9.17, 15) is 9.59 Å². The third kappa shape index (κ3) is 4.95. The number of primary amides is 1. The smallest absolute Gasteiger partial charge is 0.241 e. The molecule has 0 spiro atoms. The Morgan fingerprint density at radius 3 is 2.70 bits per heavy atom. The molecule has 0 aromatic heterocycles. The summed E-state index contributed by atoms with van der Waals surface area (Å²) >= 11 is 0. The minimum atomic E-state index is -0.516. The van der Waals surface area contributed by atoms with E-state index in [4.69, 9.17) is 10.5 Å². The predicted octanol–water partition coefficient (Wildman–Crippen LogP) is 3.24. The van der Waals surface area contributed by atoms with Crippen molar-refractivity contribution < 1.29 is 14.3 Å². The Morgan fingerprint density at radius 2 is 1.96 bits per heavy atom. The van der Waals surface area contributed by atoms with Gasteiger partial charge in [-0.3, -0.25) is 9.59 Å². The van der Waals surface area contributed by atoms with E-state index in [1.165, 1.54) is 6.08 Å². The summed E-state index contributed by atoms with van der Waals surface area (Å²) in [4.78, 5) is 22.0. The van der Waals surface area contributed by atoms with Crippen molar-refractivity contribution in [3.05, 3.63) is 54.6 Å². The van der Waals surface area contributed by atoms with Crippen molar-refractivity contribution in [2.45, 2.75) is 25.9 Å². The molecular formula is C19H21NO3. The Morgan fingerprint density at radius 1 is 1.22 bits per heavy atom. The molecule has 0 fully saturated rings. The maximum atomic E-state index is 11.3.